The number of amides is 1. The Morgan fingerprint density at radius 3 is 2.44 bits per heavy atom. The Kier molecular flexibility index (Phi) is 4.80. The lowest BCUT2D eigenvalue weighted by atomic mass is 10.2. The third-order valence-electron chi connectivity index (χ3n) is 3.52. The number of carbonyl (C=O) groups is 1. The zero-order valence-corrected chi connectivity index (χ0v) is 14.1. The molecule has 0 aliphatic rings. The van der Waals surface area contributed by atoms with Gasteiger partial charge in [0, 0.05) is 28.9 Å². The topological polar surface area (TPSA) is 90.1 Å². The smallest absolute Gasteiger partial charge is 0.269 e. The van der Waals surface area contributed by atoms with Crippen molar-refractivity contribution in [1.82, 2.24) is 9.78 Å². The van der Waals surface area contributed by atoms with E-state index in [4.69, 9.17) is 0 Å². The highest BCUT2D eigenvalue weighted by Gasteiger charge is 2.11. The zero-order valence-electron chi connectivity index (χ0n) is 13.2. The average Bonchev–Trinajstić information content (AvgIpc) is 3.13. The molecule has 0 spiro atoms. The quantitative estimate of drug-likeness (QED) is 0.428. The van der Waals surface area contributed by atoms with Crippen LogP contribution in [0.5, 0.6) is 0 Å². The number of hydrogen-bond donors (Lipinski definition) is 1. The molecule has 0 unspecified atom stereocenters. The summed E-state index contributed by atoms with van der Waals surface area (Å²) in [6.45, 7) is 0. The lowest BCUT2D eigenvalue weighted by Crippen LogP contribution is -2.10. The molecule has 0 saturated heterocycles. The van der Waals surface area contributed by atoms with E-state index >= 15 is 0 Å². The monoisotopic (exact) mass is 354 g/mol. The number of nitro groups is 1. The molecule has 1 heterocycles. The fraction of sp³-hybridized carbons (Fsp3) is 0.0588. The summed E-state index contributed by atoms with van der Waals surface area (Å²) in [5.41, 5.74) is 1.73. The summed E-state index contributed by atoms with van der Waals surface area (Å²) in [6, 6.07) is 13.5. The molecule has 1 N–H and O–H groups in total. The zero-order chi connectivity index (χ0) is 17.8. The van der Waals surface area contributed by atoms with E-state index in [0.717, 1.165) is 4.90 Å². The summed E-state index contributed by atoms with van der Waals surface area (Å²) in [4.78, 5) is 23.6. The van der Waals surface area contributed by atoms with E-state index in [1.165, 1.54) is 23.0 Å². The number of rotatable bonds is 5. The van der Waals surface area contributed by atoms with E-state index in [1.807, 2.05) is 30.5 Å². The summed E-state index contributed by atoms with van der Waals surface area (Å²) in [5, 5.41) is 17.6. The van der Waals surface area contributed by atoms with Gasteiger partial charge in [0.25, 0.3) is 11.6 Å². The lowest BCUT2D eigenvalue weighted by molar-refractivity contribution is -0.384. The highest BCUT2D eigenvalue weighted by Crippen LogP contribution is 2.19. The van der Waals surface area contributed by atoms with Crippen LogP contribution in [0.25, 0.3) is 5.69 Å². The molecule has 3 rings (SSSR count). The van der Waals surface area contributed by atoms with Crippen LogP contribution in [0, 0.1) is 10.1 Å². The molecule has 8 heteroatoms. The molecule has 25 heavy (non-hydrogen) atoms. The maximum atomic E-state index is 12.3. The molecule has 0 aliphatic heterocycles. The van der Waals surface area contributed by atoms with Gasteiger partial charge < -0.3 is 5.32 Å². The van der Waals surface area contributed by atoms with Gasteiger partial charge in [-0.1, -0.05) is 0 Å². The molecule has 0 saturated carbocycles. The first-order chi connectivity index (χ1) is 12.1. The van der Waals surface area contributed by atoms with Gasteiger partial charge in [0.2, 0.25) is 0 Å². The molecule has 0 bridgehead atoms. The van der Waals surface area contributed by atoms with Gasteiger partial charge in [-0.05, 0) is 42.7 Å². The van der Waals surface area contributed by atoms with Crippen LogP contribution >= 0.6 is 11.8 Å². The van der Waals surface area contributed by atoms with Gasteiger partial charge >= 0.3 is 0 Å². The molecule has 1 amide bonds. The lowest BCUT2D eigenvalue weighted by Gasteiger charge is -2.04. The second kappa shape index (κ2) is 7.18. The molecule has 0 radical (unpaired) electrons. The molecule has 7 nitrogen and oxygen atoms in total. The van der Waals surface area contributed by atoms with Crippen molar-refractivity contribution in [3.63, 3.8) is 0 Å². The molecular weight excluding hydrogens is 340 g/mol. The summed E-state index contributed by atoms with van der Waals surface area (Å²) in [5.74, 6) is -0.273. The first-order valence-corrected chi connectivity index (χ1v) is 8.54. The van der Waals surface area contributed by atoms with Crippen LogP contribution in [-0.4, -0.2) is 26.9 Å². The van der Waals surface area contributed by atoms with Crippen molar-refractivity contribution in [2.75, 3.05) is 11.6 Å². The minimum absolute atomic E-state index is 0.00237. The number of benzene rings is 2. The van der Waals surface area contributed by atoms with Gasteiger partial charge in [-0.3, -0.25) is 14.9 Å². The van der Waals surface area contributed by atoms with Crippen LogP contribution in [0.3, 0.4) is 0 Å². The van der Waals surface area contributed by atoms with E-state index in [0.29, 0.717) is 16.9 Å². The number of nitrogens with zero attached hydrogens (tertiary/aromatic N) is 3. The van der Waals surface area contributed by atoms with Gasteiger partial charge in [0.15, 0.2) is 0 Å². The summed E-state index contributed by atoms with van der Waals surface area (Å²) in [6.07, 6.45) is 5.01. The fourth-order valence-corrected chi connectivity index (χ4v) is 2.59. The molecule has 2 aromatic carbocycles. The van der Waals surface area contributed by atoms with Crippen molar-refractivity contribution in [3.05, 3.63) is 76.6 Å². The van der Waals surface area contributed by atoms with Crippen molar-refractivity contribution >= 4 is 29.0 Å². The normalized spacial score (nSPS) is 10.4. The Balaban J connectivity index is 1.73. The van der Waals surface area contributed by atoms with Crippen molar-refractivity contribution < 1.29 is 9.72 Å². The van der Waals surface area contributed by atoms with Crippen LogP contribution in [0.15, 0.2) is 65.8 Å². The van der Waals surface area contributed by atoms with Crippen LogP contribution in [0.2, 0.25) is 0 Å². The molecule has 0 fully saturated rings. The Morgan fingerprint density at radius 1 is 1.16 bits per heavy atom. The Morgan fingerprint density at radius 2 is 1.84 bits per heavy atom. The molecule has 0 aliphatic carbocycles. The van der Waals surface area contributed by atoms with Crippen LogP contribution in [-0.2, 0) is 0 Å². The standard InChI is InChI=1S/C17H14N4O3S/c1-25-16-8-2-13(3-9-16)19-17(22)12-10-18-20(11-12)14-4-6-15(7-5-14)21(23)24/h2-11H,1H3,(H,19,22). The number of aromatic nitrogens is 2. The molecule has 0 atom stereocenters. The molecule has 126 valence electrons. The Labute approximate surface area is 147 Å². The van der Waals surface area contributed by atoms with E-state index in [-0.39, 0.29) is 11.6 Å². The van der Waals surface area contributed by atoms with Crippen LogP contribution in [0.4, 0.5) is 11.4 Å². The minimum Gasteiger partial charge on any atom is -0.322 e. The number of nitro benzene ring substituents is 1. The van der Waals surface area contributed by atoms with Crippen LogP contribution in [0.1, 0.15) is 10.4 Å². The van der Waals surface area contributed by atoms with Gasteiger partial charge in [-0.25, -0.2) is 4.68 Å². The fourth-order valence-electron chi connectivity index (χ4n) is 2.19. The minimum atomic E-state index is -0.464. The van der Waals surface area contributed by atoms with Crippen molar-refractivity contribution in [2.45, 2.75) is 4.90 Å². The number of anilines is 1. The van der Waals surface area contributed by atoms with Gasteiger partial charge in [-0.2, -0.15) is 5.10 Å². The number of nitrogens with one attached hydrogen (secondary N) is 1. The number of thioether (sulfide) groups is 1. The third-order valence-corrected chi connectivity index (χ3v) is 4.26. The van der Waals surface area contributed by atoms with Gasteiger partial charge in [0.1, 0.15) is 0 Å². The van der Waals surface area contributed by atoms with Crippen LogP contribution < -0.4 is 5.32 Å². The maximum Gasteiger partial charge on any atom is 0.269 e. The van der Waals surface area contributed by atoms with Crippen molar-refractivity contribution in [1.29, 1.82) is 0 Å². The first kappa shape index (κ1) is 16.7. The second-order valence-corrected chi connectivity index (χ2v) is 6.01. The van der Waals surface area contributed by atoms with E-state index < -0.39 is 4.92 Å². The summed E-state index contributed by atoms with van der Waals surface area (Å²) >= 11 is 1.63. The Hall–Kier alpha value is -3.13. The SMILES string of the molecule is CSc1ccc(NC(=O)c2cnn(-c3ccc([N+](=O)[O-])cc3)c2)cc1. The highest BCUT2D eigenvalue weighted by molar-refractivity contribution is 7.98. The first-order valence-electron chi connectivity index (χ1n) is 7.32. The van der Waals surface area contributed by atoms with E-state index in [9.17, 15) is 14.9 Å². The average molecular weight is 354 g/mol. The predicted molar refractivity (Wildman–Crippen MR) is 96.4 cm³/mol. The second-order valence-electron chi connectivity index (χ2n) is 5.13. The largest absolute Gasteiger partial charge is 0.322 e. The van der Waals surface area contributed by atoms with Crippen molar-refractivity contribution in [3.8, 4) is 5.69 Å². The molecule has 3 aromatic rings. The third kappa shape index (κ3) is 3.86. The summed E-state index contributed by atoms with van der Waals surface area (Å²) in [7, 11) is 0. The van der Waals surface area contributed by atoms with Gasteiger partial charge in [-0.15, -0.1) is 11.8 Å². The predicted octanol–water partition coefficient (Wildman–Crippen LogP) is 3.75. The summed E-state index contributed by atoms with van der Waals surface area (Å²) < 4.78 is 1.50. The number of non-ortho nitro benzene ring substituents is 1. The molecular formula is C17H14N4O3S. The number of carbonyl (C=O) groups excluding carboxylic acids is 1. The van der Waals surface area contributed by atoms with Gasteiger partial charge in [0.05, 0.1) is 22.4 Å². The Bertz CT molecular complexity index is 904. The maximum absolute atomic E-state index is 12.3. The van der Waals surface area contributed by atoms with E-state index in [2.05, 4.69) is 10.4 Å². The molecule has 1 aromatic heterocycles. The van der Waals surface area contributed by atoms with Crippen molar-refractivity contribution in [2.24, 2.45) is 0 Å². The van der Waals surface area contributed by atoms with E-state index in [1.54, 1.807) is 30.1 Å². The number of hydrogen-bond acceptors (Lipinski definition) is 5. The highest BCUT2D eigenvalue weighted by atomic mass is 32.2.